The summed E-state index contributed by atoms with van der Waals surface area (Å²) in [6, 6.07) is 67.6. The molecule has 7 fully saturated rings. The van der Waals surface area contributed by atoms with Crippen LogP contribution in [-0.4, -0.2) is 96.4 Å². The van der Waals surface area contributed by atoms with Crippen molar-refractivity contribution in [1.82, 2.24) is 0 Å². The SMILES string of the molecule is c1ccc([Si]23O[Si]4(CCCOCC5CO5)O[Si]5(c6ccccc6)O[Si](c6ccccc6)(O2)O[Si]2(c6ccccc6)O[Si](c6ccccc6)(O3)O[Si](c3ccccc3)(O4)O[Si](c3ccccc3)(O5)O2)cc1. The second-order valence-corrected chi connectivity index (χ2v) is 41.0. The van der Waals surface area contributed by atoms with Gasteiger partial charge in [-0.15, -0.1) is 0 Å². The lowest BCUT2D eigenvalue weighted by atomic mass is 10.4. The fourth-order valence-corrected chi connectivity index (χ4v) is 55.9. The minimum absolute atomic E-state index is 0.0678. The zero-order valence-electron chi connectivity index (χ0n) is 37.5. The van der Waals surface area contributed by atoms with Crippen LogP contribution in [0.4, 0.5) is 0 Å². The molecule has 7 aromatic rings. The van der Waals surface area contributed by atoms with Crippen LogP contribution < -0.4 is 36.3 Å². The minimum atomic E-state index is -4.73. The van der Waals surface area contributed by atoms with Gasteiger partial charge in [-0.1, -0.05) is 212 Å². The van der Waals surface area contributed by atoms with E-state index in [2.05, 4.69) is 0 Å². The van der Waals surface area contributed by atoms with Gasteiger partial charge in [0.1, 0.15) is 6.10 Å². The van der Waals surface area contributed by atoms with Crippen LogP contribution in [0.1, 0.15) is 6.42 Å². The summed E-state index contributed by atoms with van der Waals surface area (Å²) >= 11 is 0. The summed E-state index contributed by atoms with van der Waals surface area (Å²) in [5, 5.41) is 4.06. The molecule has 7 saturated heterocycles. The van der Waals surface area contributed by atoms with Crippen molar-refractivity contribution in [2.45, 2.75) is 18.6 Å². The second-order valence-electron chi connectivity index (χ2n) is 17.5. The lowest BCUT2D eigenvalue weighted by molar-refractivity contribution is -0.00731. The van der Waals surface area contributed by atoms with Gasteiger partial charge in [0, 0.05) is 49.0 Å². The molecular formula is C48H46O14Si8. The summed E-state index contributed by atoms with van der Waals surface area (Å²) in [5.41, 5.74) is 0. The molecule has 7 aliphatic heterocycles. The fourth-order valence-electron chi connectivity index (χ4n) is 9.36. The average Bonchev–Trinajstić information content (AvgIpc) is 4.22. The van der Waals surface area contributed by atoms with Crippen molar-refractivity contribution in [2.75, 3.05) is 19.8 Å². The van der Waals surface area contributed by atoms with Crippen LogP contribution >= 0.6 is 0 Å². The minimum Gasteiger partial charge on any atom is -0.379 e. The van der Waals surface area contributed by atoms with E-state index in [1.54, 1.807) is 0 Å². The van der Waals surface area contributed by atoms with Crippen molar-refractivity contribution in [3.8, 4) is 0 Å². The molecule has 7 heterocycles. The fraction of sp³-hybridized carbons (Fsp3) is 0.125. The summed E-state index contributed by atoms with van der Waals surface area (Å²) in [5.74, 6) is 0. The Hall–Kier alpha value is -4.28. The highest BCUT2D eigenvalue weighted by atomic mass is 28.6. The van der Waals surface area contributed by atoms with Gasteiger partial charge in [-0.05, 0) is 6.42 Å². The second kappa shape index (κ2) is 17.7. The molecule has 70 heavy (non-hydrogen) atoms. The molecule has 0 saturated carbocycles. The Bertz CT molecular complexity index is 2660. The summed E-state index contributed by atoms with van der Waals surface area (Å²) in [7, 11) is -37.5. The van der Waals surface area contributed by atoms with Gasteiger partial charge in [0.15, 0.2) is 0 Å². The summed E-state index contributed by atoms with van der Waals surface area (Å²) in [4.78, 5) is 0. The van der Waals surface area contributed by atoms with E-state index in [4.69, 9.17) is 58.9 Å². The van der Waals surface area contributed by atoms with Crippen LogP contribution in [0, 0.1) is 0 Å². The molecule has 1 unspecified atom stereocenters. The first-order valence-electron chi connectivity index (χ1n) is 23.3. The van der Waals surface area contributed by atoms with Crippen LogP contribution in [0.3, 0.4) is 0 Å². The van der Waals surface area contributed by atoms with Gasteiger partial charge < -0.3 is 58.9 Å². The van der Waals surface area contributed by atoms with Gasteiger partial charge in [-0.3, -0.25) is 0 Å². The van der Waals surface area contributed by atoms with E-state index < -0.39 is 70.4 Å². The maximum atomic E-state index is 8.11. The first-order valence-corrected chi connectivity index (χ1v) is 37.3. The summed E-state index contributed by atoms with van der Waals surface area (Å²) in [6.07, 6.45) is 0.492. The van der Waals surface area contributed by atoms with Crippen LogP contribution in [0.2, 0.25) is 6.04 Å². The van der Waals surface area contributed by atoms with Crippen molar-refractivity contribution < 1.29 is 58.9 Å². The van der Waals surface area contributed by atoms with E-state index in [0.29, 0.717) is 62.5 Å². The highest BCUT2D eigenvalue weighted by Gasteiger charge is 2.86. The highest BCUT2D eigenvalue weighted by molar-refractivity contribution is 7.13. The van der Waals surface area contributed by atoms with Gasteiger partial charge in [0.05, 0.1) is 13.2 Å². The monoisotopic (exact) mass is 1070 g/mol. The zero-order valence-corrected chi connectivity index (χ0v) is 45.5. The van der Waals surface area contributed by atoms with E-state index in [1.807, 2.05) is 212 Å². The van der Waals surface area contributed by atoms with Crippen molar-refractivity contribution in [3.63, 3.8) is 0 Å². The van der Waals surface area contributed by atoms with Gasteiger partial charge >= 0.3 is 70.4 Å². The van der Waals surface area contributed by atoms with Crippen molar-refractivity contribution >= 4 is 107 Å². The first-order chi connectivity index (χ1) is 34.3. The number of rotatable bonds is 13. The molecule has 8 bridgehead atoms. The molecule has 0 amide bonds. The summed E-state index contributed by atoms with van der Waals surface area (Å²) in [6.45, 7) is 1.46. The maximum absolute atomic E-state index is 8.11. The molecule has 354 valence electrons. The molecule has 0 aromatic heterocycles. The molecule has 7 aliphatic rings. The zero-order chi connectivity index (χ0) is 46.8. The summed E-state index contributed by atoms with van der Waals surface area (Å²) < 4.78 is 109. The Morgan fingerprint density at radius 3 is 0.743 bits per heavy atom. The Balaban J connectivity index is 1.19. The molecule has 0 spiro atoms. The Morgan fingerprint density at radius 1 is 0.314 bits per heavy atom. The molecule has 7 aromatic carbocycles. The van der Waals surface area contributed by atoms with E-state index in [-0.39, 0.29) is 12.1 Å². The molecular weight excluding hydrogens is 1030 g/mol. The third-order valence-corrected chi connectivity index (χ3v) is 47.2. The van der Waals surface area contributed by atoms with Crippen LogP contribution in [-0.2, 0) is 58.9 Å². The van der Waals surface area contributed by atoms with E-state index >= 15 is 0 Å². The van der Waals surface area contributed by atoms with E-state index in [0.717, 1.165) is 0 Å². The first kappa shape index (κ1) is 45.6. The van der Waals surface area contributed by atoms with Crippen LogP contribution in [0.15, 0.2) is 212 Å². The molecule has 0 aliphatic carbocycles. The lowest BCUT2D eigenvalue weighted by Gasteiger charge is -2.62. The Labute approximate surface area is 414 Å². The molecule has 14 rings (SSSR count). The number of ether oxygens (including phenoxy) is 2. The molecule has 14 nitrogen and oxygen atoms in total. The largest absolute Gasteiger partial charge is 0.515 e. The lowest BCUT2D eigenvalue weighted by Crippen LogP contribution is -2.95. The molecule has 0 N–H and O–H groups in total. The highest BCUT2D eigenvalue weighted by Crippen LogP contribution is 2.49. The van der Waals surface area contributed by atoms with Crippen molar-refractivity contribution in [1.29, 1.82) is 0 Å². The number of benzene rings is 7. The molecule has 0 radical (unpaired) electrons. The third-order valence-electron chi connectivity index (χ3n) is 12.7. The number of epoxide rings is 1. The van der Waals surface area contributed by atoms with E-state index in [9.17, 15) is 0 Å². The molecule has 22 heteroatoms. The number of hydrogen-bond donors (Lipinski definition) is 0. The van der Waals surface area contributed by atoms with Gasteiger partial charge in [-0.25, -0.2) is 0 Å². The Morgan fingerprint density at radius 2 is 0.529 bits per heavy atom. The van der Waals surface area contributed by atoms with Crippen molar-refractivity contribution in [3.05, 3.63) is 212 Å². The van der Waals surface area contributed by atoms with Crippen molar-refractivity contribution in [2.24, 2.45) is 0 Å². The smallest absolute Gasteiger partial charge is 0.379 e. The predicted octanol–water partition coefficient (Wildman–Crippen LogP) is 2.92. The standard InChI is InChI=1S/C48H46O14Si8/c1-8-23-42(24-9-1)64-51-63(38-22-37-49-39-41-40-50-41)52-65(43-25-10-2-11-26-43)56-67(54-64,45-29-14-4-15-30-45)60-70(48-35-20-7-21-36-48)61-68(55-64,46-31-16-5-17-32-46)57-66(53-63,44-27-12-3-13-28-44)59-69(58-65,62-70)47-33-18-6-19-34-47/h1-21,23-36,41H,22,37-40H2. The van der Waals surface area contributed by atoms with Crippen LogP contribution in [0.25, 0.3) is 0 Å². The topological polar surface area (TPSA) is 133 Å². The quantitative estimate of drug-likeness (QED) is 0.0954. The van der Waals surface area contributed by atoms with Gasteiger partial charge in [0.2, 0.25) is 0 Å². The normalized spacial score (nSPS) is 34.9. The average molecular weight is 1070 g/mol. The van der Waals surface area contributed by atoms with E-state index in [1.165, 1.54) is 0 Å². The molecule has 1 atom stereocenters. The third kappa shape index (κ3) is 7.93. The van der Waals surface area contributed by atoms with Gasteiger partial charge in [-0.2, -0.15) is 0 Å². The van der Waals surface area contributed by atoms with Crippen LogP contribution in [0.5, 0.6) is 0 Å². The number of hydrogen-bond acceptors (Lipinski definition) is 14. The predicted molar refractivity (Wildman–Crippen MR) is 272 cm³/mol. The maximum Gasteiger partial charge on any atom is 0.515 e. The van der Waals surface area contributed by atoms with Gasteiger partial charge in [0.25, 0.3) is 0 Å². The Kier molecular flexibility index (Phi) is 11.5.